The smallest absolute Gasteiger partial charge is 0.338 e. The van der Waals surface area contributed by atoms with Crippen LogP contribution in [0.25, 0.3) is 5.57 Å². The molecule has 0 spiro atoms. The molecular formula is C16H22O2. The molecule has 0 N–H and O–H groups in total. The number of allylic oxidation sites excluding steroid dienone is 2. The zero-order chi connectivity index (χ0) is 13.4. The molecule has 0 saturated heterocycles. The first-order valence-electron chi connectivity index (χ1n) is 6.61. The Balaban J connectivity index is 3.05. The molecule has 1 rings (SSSR count). The lowest BCUT2D eigenvalue weighted by Gasteiger charge is -2.10. The Morgan fingerprint density at radius 2 is 1.89 bits per heavy atom. The molecule has 0 aliphatic rings. The molecule has 0 heterocycles. The molecule has 2 nitrogen and oxygen atoms in total. The van der Waals surface area contributed by atoms with Gasteiger partial charge in [0.2, 0.25) is 0 Å². The standard InChI is InChI=1S/C16H22O2/c1-4-6-7-10-13(5-2)14-11-8-9-12-15(14)16(17)18-3/h8-12H,4-7H2,1-3H3. The number of esters is 1. The van der Waals surface area contributed by atoms with E-state index in [2.05, 4.69) is 19.9 Å². The second kappa shape index (κ2) is 7.70. The predicted molar refractivity (Wildman–Crippen MR) is 75.6 cm³/mol. The van der Waals surface area contributed by atoms with Crippen molar-refractivity contribution in [2.45, 2.75) is 39.5 Å². The van der Waals surface area contributed by atoms with Gasteiger partial charge in [0.1, 0.15) is 0 Å². The molecule has 0 atom stereocenters. The van der Waals surface area contributed by atoms with E-state index < -0.39 is 0 Å². The Labute approximate surface area is 110 Å². The number of hydrogen-bond acceptors (Lipinski definition) is 2. The molecule has 18 heavy (non-hydrogen) atoms. The van der Waals surface area contributed by atoms with Crippen molar-refractivity contribution in [3.05, 3.63) is 41.5 Å². The Morgan fingerprint density at radius 1 is 1.22 bits per heavy atom. The zero-order valence-electron chi connectivity index (χ0n) is 11.5. The van der Waals surface area contributed by atoms with Crippen LogP contribution in [-0.4, -0.2) is 13.1 Å². The second-order valence-electron chi connectivity index (χ2n) is 4.26. The molecule has 98 valence electrons. The number of carbonyl (C=O) groups excluding carboxylic acids is 1. The van der Waals surface area contributed by atoms with Crippen LogP contribution in [0.3, 0.4) is 0 Å². The molecule has 0 fully saturated rings. The third-order valence-corrected chi connectivity index (χ3v) is 3.01. The summed E-state index contributed by atoms with van der Waals surface area (Å²) in [5, 5.41) is 0. The van der Waals surface area contributed by atoms with E-state index in [0.717, 1.165) is 18.4 Å². The molecule has 1 aromatic carbocycles. The number of hydrogen-bond donors (Lipinski definition) is 0. The van der Waals surface area contributed by atoms with E-state index in [4.69, 9.17) is 4.74 Å². The third-order valence-electron chi connectivity index (χ3n) is 3.01. The molecule has 0 amide bonds. The normalized spacial score (nSPS) is 11.4. The van der Waals surface area contributed by atoms with Gasteiger partial charge in [0, 0.05) is 0 Å². The van der Waals surface area contributed by atoms with E-state index >= 15 is 0 Å². The summed E-state index contributed by atoms with van der Waals surface area (Å²) in [6, 6.07) is 7.65. The highest BCUT2D eigenvalue weighted by atomic mass is 16.5. The van der Waals surface area contributed by atoms with Gasteiger partial charge < -0.3 is 4.74 Å². The maximum Gasteiger partial charge on any atom is 0.338 e. The van der Waals surface area contributed by atoms with E-state index in [1.807, 2.05) is 24.3 Å². The molecular weight excluding hydrogens is 224 g/mol. The summed E-state index contributed by atoms with van der Waals surface area (Å²) in [6.07, 6.45) is 6.61. The summed E-state index contributed by atoms with van der Waals surface area (Å²) in [6.45, 7) is 4.30. The number of methoxy groups -OCH3 is 1. The lowest BCUT2D eigenvalue weighted by atomic mass is 9.96. The van der Waals surface area contributed by atoms with Gasteiger partial charge in [-0.3, -0.25) is 0 Å². The van der Waals surface area contributed by atoms with Crippen LogP contribution in [0.4, 0.5) is 0 Å². The summed E-state index contributed by atoms with van der Waals surface area (Å²) in [5.74, 6) is -0.263. The number of unbranched alkanes of at least 4 members (excludes halogenated alkanes) is 2. The summed E-state index contributed by atoms with van der Waals surface area (Å²) in [7, 11) is 1.42. The Morgan fingerprint density at radius 3 is 2.44 bits per heavy atom. The van der Waals surface area contributed by atoms with Crippen molar-refractivity contribution < 1.29 is 9.53 Å². The monoisotopic (exact) mass is 246 g/mol. The predicted octanol–water partition coefficient (Wildman–Crippen LogP) is 4.46. The molecule has 0 bridgehead atoms. The van der Waals surface area contributed by atoms with Crippen molar-refractivity contribution in [3.63, 3.8) is 0 Å². The lowest BCUT2D eigenvalue weighted by molar-refractivity contribution is 0.0600. The van der Waals surface area contributed by atoms with Gasteiger partial charge in [0.25, 0.3) is 0 Å². The maximum absolute atomic E-state index is 11.7. The van der Waals surface area contributed by atoms with Gasteiger partial charge in [-0.1, -0.05) is 51.0 Å². The van der Waals surface area contributed by atoms with Crippen LogP contribution < -0.4 is 0 Å². The van der Waals surface area contributed by atoms with Crippen LogP contribution in [0.5, 0.6) is 0 Å². The van der Waals surface area contributed by atoms with E-state index in [0.29, 0.717) is 5.56 Å². The van der Waals surface area contributed by atoms with Gasteiger partial charge in [0.05, 0.1) is 12.7 Å². The second-order valence-corrected chi connectivity index (χ2v) is 4.26. The molecule has 0 aromatic heterocycles. The van der Waals surface area contributed by atoms with Crippen molar-refractivity contribution in [3.8, 4) is 0 Å². The SMILES string of the molecule is CCCCC=C(CC)c1ccccc1C(=O)OC. The van der Waals surface area contributed by atoms with Gasteiger partial charge in [-0.25, -0.2) is 4.79 Å². The maximum atomic E-state index is 11.7. The Bertz CT molecular complexity index is 419. The van der Waals surface area contributed by atoms with Crippen LogP contribution in [0, 0.1) is 0 Å². The summed E-state index contributed by atoms with van der Waals surface area (Å²) in [4.78, 5) is 11.7. The van der Waals surface area contributed by atoms with E-state index in [1.165, 1.54) is 25.5 Å². The fourth-order valence-corrected chi connectivity index (χ4v) is 1.98. The van der Waals surface area contributed by atoms with Gasteiger partial charge in [-0.15, -0.1) is 0 Å². The molecule has 0 radical (unpaired) electrons. The molecule has 1 aromatic rings. The van der Waals surface area contributed by atoms with Crippen molar-refractivity contribution in [2.75, 3.05) is 7.11 Å². The largest absolute Gasteiger partial charge is 0.465 e. The van der Waals surface area contributed by atoms with Crippen LogP contribution in [0.1, 0.15) is 55.5 Å². The Hall–Kier alpha value is -1.57. The van der Waals surface area contributed by atoms with Crippen LogP contribution in [0.15, 0.2) is 30.3 Å². The summed E-state index contributed by atoms with van der Waals surface area (Å²) in [5.41, 5.74) is 2.89. The average Bonchev–Trinajstić information content (AvgIpc) is 2.43. The minimum Gasteiger partial charge on any atom is -0.465 e. The topological polar surface area (TPSA) is 26.3 Å². The van der Waals surface area contributed by atoms with Gasteiger partial charge >= 0.3 is 5.97 Å². The highest BCUT2D eigenvalue weighted by molar-refractivity contribution is 5.95. The minimum absolute atomic E-state index is 0.263. The molecule has 0 aliphatic heterocycles. The van der Waals surface area contributed by atoms with Crippen LogP contribution in [-0.2, 0) is 4.74 Å². The van der Waals surface area contributed by atoms with Crippen molar-refractivity contribution in [1.29, 1.82) is 0 Å². The highest BCUT2D eigenvalue weighted by Crippen LogP contribution is 2.23. The van der Waals surface area contributed by atoms with Crippen molar-refractivity contribution in [2.24, 2.45) is 0 Å². The highest BCUT2D eigenvalue weighted by Gasteiger charge is 2.12. The third kappa shape index (κ3) is 3.73. The van der Waals surface area contributed by atoms with Crippen molar-refractivity contribution in [1.82, 2.24) is 0 Å². The van der Waals surface area contributed by atoms with Gasteiger partial charge in [-0.05, 0) is 30.0 Å². The number of rotatable bonds is 6. The fraction of sp³-hybridized carbons (Fsp3) is 0.438. The van der Waals surface area contributed by atoms with E-state index in [9.17, 15) is 4.79 Å². The summed E-state index contributed by atoms with van der Waals surface area (Å²) < 4.78 is 4.83. The van der Waals surface area contributed by atoms with Gasteiger partial charge in [-0.2, -0.15) is 0 Å². The quantitative estimate of drug-likeness (QED) is 0.547. The van der Waals surface area contributed by atoms with Gasteiger partial charge in [0.15, 0.2) is 0 Å². The number of carbonyl (C=O) groups is 1. The van der Waals surface area contributed by atoms with Crippen molar-refractivity contribution >= 4 is 11.5 Å². The minimum atomic E-state index is -0.263. The zero-order valence-corrected chi connectivity index (χ0v) is 11.5. The number of ether oxygens (including phenoxy) is 1. The molecule has 0 unspecified atom stereocenters. The molecule has 0 saturated carbocycles. The van der Waals surface area contributed by atoms with Crippen LogP contribution >= 0.6 is 0 Å². The average molecular weight is 246 g/mol. The number of benzene rings is 1. The van der Waals surface area contributed by atoms with Crippen LogP contribution in [0.2, 0.25) is 0 Å². The first-order valence-corrected chi connectivity index (χ1v) is 6.61. The molecule has 0 aliphatic carbocycles. The van der Waals surface area contributed by atoms with E-state index in [1.54, 1.807) is 0 Å². The molecule has 2 heteroatoms. The Kier molecular flexibility index (Phi) is 6.20. The van der Waals surface area contributed by atoms with E-state index in [-0.39, 0.29) is 5.97 Å². The first-order chi connectivity index (χ1) is 8.74. The fourth-order valence-electron chi connectivity index (χ4n) is 1.98. The first kappa shape index (κ1) is 14.5. The summed E-state index contributed by atoms with van der Waals surface area (Å²) >= 11 is 0. The lowest BCUT2D eigenvalue weighted by Crippen LogP contribution is -2.05.